The maximum Gasteiger partial charge on any atom is 0.192 e. The fourth-order valence-corrected chi connectivity index (χ4v) is 19.8. The number of Topliss-reactive ketones (excluding diaryl/α,β-unsaturated/α-hetero) is 2. The van der Waals surface area contributed by atoms with Crippen LogP contribution in [0.4, 0.5) is 0 Å². The first-order valence-corrected chi connectivity index (χ1v) is 25.9. The first-order valence-electron chi connectivity index (χ1n) is 16.9. The normalized spacial score (nSPS) is 39.6. The summed E-state index contributed by atoms with van der Waals surface area (Å²) in [5, 5.41) is 3.62. The van der Waals surface area contributed by atoms with Crippen molar-refractivity contribution in [3.8, 4) is 0 Å². The van der Waals surface area contributed by atoms with Crippen LogP contribution in [0.5, 0.6) is 0 Å². The van der Waals surface area contributed by atoms with Gasteiger partial charge in [-0.05, 0) is 88.6 Å². The lowest BCUT2D eigenvalue weighted by atomic mass is 9.79. The number of carbonyl (C=O) groups excluding carboxylic acids is 4. The zero-order valence-electron chi connectivity index (χ0n) is 27.7. The molecule has 0 aromatic rings. The van der Waals surface area contributed by atoms with E-state index in [1.807, 2.05) is 23.5 Å². The average Bonchev–Trinajstić information content (AvgIpc) is 3.86. The molecule has 12 unspecified atom stereocenters. The van der Waals surface area contributed by atoms with E-state index in [4.69, 9.17) is 0 Å². The van der Waals surface area contributed by atoms with Crippen molar-refractivity contribution in [2.24, 2.45) is 47.3 Å². The summed E-state index contributed by atoms with van der Waals surface area (Å²) in [6.07, 6.45) is 10.6. The van der Waals surface area contributed by atoms with E-state index < -0.39 is 0 Å². The number of ketones is 2. The maximum absolute atomic E-state index is 12.6. The number of hydrogen-bond donors (Lipinski definition) is 0. The molecule has 46 heavy (non-hydrogen) atoms. The quantitative estimate of drug-likeness (QED) is 0.192. The van der Waals surface area contributed by atoms with Crippen LogP contribution in [0, 0.1) is 47.3 Å². The van der Waals surface area contributed by atoms with Crippen molar-refractivity contribution in [3.05, 3.63) is 0 Å². The predicted molar refractivity (Wildman–Crippen MR) is 214 cm³/mol. The van der Waals surface area contributed by atoms with E-state index in [9.17, 15) is 19.2 Å². The van der Waals surface area contributed by atoms with Gasteiger partial charge in [0, 0.05) is 90.7 Å². The molecule has 6 fully saturated rings. The smallest absolute Gasteiger partial charge is 0.192 e. The van der Waals surface area contributed by atoms with Gasteiger partial charge in [-0.3, -0.25) is 19.2 Å². The molecule has 4 aliphatic carbocycles. The summed E-state index contributed by atoms with van der Waals surface area (Å²) in [4.78, 5) is 48.6. The third-order valence-electron chi connectivity index (χ3n) is 10.9. The maximum atomic E-state index is 12.6. The molecule has 12 atom stereocenters. The molecule has 6 aliphatic rings. The summed E-state index contributed by atoms with van der Waals surface area (Å²) in [6.45, 7) is 3.43. The molecule has 4 saturated carbocycles. The van der Waals surface area contributed by atoms with Gasteiger partial charge >= 0.3 is 0 Å². The SMILES string of the molecule is CSCC1CSC(CSC(=O)C2CC3CC(C(C)=O)C2C3)CS1.CSCC1CSC(CSC(=O)C2CC3CC2CC3C(C)=O)CS1. The van der Waals surface area contributed by atoms with Gasteiger partial charge in [-0.25, -0.2) is 0 Å². The number of hydrogen-bond acceptors (Lipinski definition) is 12. The molecule has 4 bridgehead atoms. The van der Waals surface area contributed by atoms with Gasteiger partial charge in [0.05, 0.1) is 0 Å². The molecule has 2 aliphatic heterocycles. The van der Waals surface area contributed by atoms with Gasteiger partial charge in [-0.1, -0.05) is 23.5 Å². The Morgan fingerprint density at radius 2 is 0.957 bits per heavy atom. The minimum absolute atomic E-state index is 0.165. The lowest BCUT2D eigenvalue weighted by molar-refractivity contribution is -0.125. The van der Waals surface area contributed by atoms with Crippen LogP contribution in [-0.4, -0.2) is 101 Å². The van der Waals surface area contributed by atoms with Crippen LogP contribution in [0.3, 0.4) is 0 Å². The molecule has 4 nitrogen and oxygen atoms in total. The minimum Gasteiger partial charge on any atom is -0.300 e. The van der Waals surface area contributed by atoms with Crippen LogP contribution in [0.2, 0.25) is 0 Å². The van der Waals surface area contributed by atoms with Crippen LogP contribution < -0.4 is 0 Å². The second-order valence-electron chi connectivity index (χ2n) is 14.1. The summed E-state index contributed by atoms with van der Waals surface area (Å²) >= 11 is 15.3. The highest BCUT2D eigenvalue weighted by atomic mass is 32.2. The van der Waals surface area contributed by atoms with Gasteiger partial charge in [-0.2, -0.15) is 70.6 Å². The highest BCUT2D eigenvalue weighted by Crippen LogP contribution is 2.54. The average molecular weight is 781 g/mol. The Kier molecular flexibility index (Phi) is 15.8. The molecule has 0 N–H and O–H groups in total. The van der Waals surface area contributed by atoms with Crippen molar-refractivity contribution in [1.82, 2.24) is 0 Å². The second kappa shape index (κ2) is 18.8. The van der Waals surface area contributed by atoms with Crippen LogP contribution in [0.15, 0.2) is 0 Å². The Morgan fingerprint density at radius 3 is 1.37 bits per heavy atom. The van der Waals surface area contributed by atoms with E-state index in [0.717, 1.165) is 60.5 Å². The van der Waals surface area contributed by atoms with Gasteiger partial charge in [0.15, 0.2) is 10.2 Å². The predicted octanol–water partition coefficient (Wildman–Crippen LogP) is 8.16. The van der Waals surface area contributed by atoms with Gasteiger partial charge in [-0.15, -0.1) is 0 Å². The first kappa shape index (κ1) is 38.7. The topological polar surface area (TPSA) is 68.3 Å². The summed E-state index contributed by atoms with van der Waals surface area (Å²) in [5.74, 6) is 12.7. The van der Waals surface area contributed by atoms with Gasteiger partial charge in [0.25, 0.3) is 0 Å². The molecule has 0 aromatic heterocycles. The number of rotatable bonds is 12. The highest BCUT2D eigenvalue weighted by molar-refractivity contribution is 8.15. The Hall–Kier alpha value is 1.48. The largest absolute Gasteiger partial charge is 0.300 e. The number of thioether (sulfide) groups is 8. The first-order chi connectivity index (χ1) is 22.2. The third-order valence-corrected chi connectivity index (χ3v) is 22.0. The van der Waals surface area contributed by atoms with E-state index in [1.54, 1.807) is 37.4 Å². The second-order valence-corrected chi connectivity index (χ2v) is 23.3. The van der Waals surface area contributed by atoms with Crippen LogP contribution >= 0.6 is 94.1 Å². The van der Waals surface area contributed by atoms with E-state index in [1.165, 1.54) is 34.5 Å². The van der Waals surface area contributed by atoms with Gasteiger partial charge < -0.3 is 0 Å². The van der Waals surface area contributed by atoms with Crippen LogP contribution in [0.25, 0.3) is 0 Å². The number of carbonyl (C=O) groups is 4. The Balaban J connectivity index is 0.000000181. The summed E-state index contributed by atoms with van der Waals surface area (Å²) < 4.78 is 0. The molecule has 0 radical (unpaired) electrons. The molecular formula is C34H52O4S8. The Morgan fingerprint density at radius 1 is 0.522 bits per heavy atom. The minimum atomic E-state index is 0.165. The fourth-order valence-electron chi connectivity index (χ4n) is 8.64. The summed E-state index contributed by atoms with van der Waals surface area (Å²) in [5.41, 5.74) is 0. The molecule has 12 heteroatoms. The summed E-state index contributed by atoms with van der Waals surface area (Å²) in [6, 6.07) is 0. The van der Waals surface area contributed by atoms with E-state index in [-0.39, 0.29) is 23.7 Å². The zero-order valence-corrected chi connectivity index (χ0v) is 34.3. The van der Waals surface area contributed by atoms with Gasteiger partial charge in [0.2, 0.25) is 0 Å². The monoisotopic (exact) mass is 780 g/mol. The van der Waals surface area contributed by atoms with E-state index >= 15 is 0 Å². The standard InChI is InChI=1S/2C17H26O2S4/c1-10(18)15-4-12-3-11(15)5-16(12)17(19)23-9-14-8-21-13(6-20-2)7-22-14;1-10(18)14-3-11-4-15(14)16(5-11)17(19)23-9-13-8-21-12(6-20-2)7-22-13/h2*11-16H,3-9H2,1-2H3. The molecule has 6 rings (SSSR count). The molecule has 0 aromatic carbocycles. The number of fused-ring (bicyclic) bond motifs is 4. The fraction of sp³-hybridized carbons (Fsp3) is 0.882. The van der Waals surface area contributed by atoms with Crippen molar-refractivity contribution < 1.29 is 19.2 Å². The van der Waals surface area contributed by atoms with Crippen molar-refractivity contribution >= 4 is 116 Å². The van der Waals surface area contributed by atoms with Gasteiger partial charge in [0.1, 0.15) is 11.6 Å². The molecule has 0 spiro atoms. The van der Waals surface area contributed by atoms with E-state index in [0.29, 0.717) is 56.0 Å². The summed E-state index contributed by atoms with van der Waals surface area (Å²) in [7, 11) is 0. The Bertz CT molecular complexity index is 1060. The lowest BCUT2D eigenvalue weighted by Crippen LogP contribution is -2.30. The zero-order chi connectivity index (χ0) is 32.8. The lowest BCUT2D eigenvalue weighted by Gasteiger charge is -2.29. The third kappa shape index (κ3) is 10.3. The van der Waals surface area contributed by atoms with Crippen LogP contribution in [0.1, 0.15) is 52.4 Å². The molecular weight excluding hydrogens is 729 g/mol. The van der Waals surface area contributed by atoms with Crippen molar-refractivity contribution in [1.29, 1.82) is 0 Å². The molecule has 0 amide bonds. The van der Waals surface area contributed by atoms with Crippen molar-refractivity contribution in [2.75, 3.05) is 58.5 Å². The van der Waals surface area contributed by atoms with Crippen LogP contribution in [-0.2, 0) is 19.2 Å². The molecule has 260 valence electrons. The Labute approximate surface area is 311 Å². The van der Waals surface area contributed by atoms with E-state index in [2.05, 4.69) is 59.6 Å². The van der Waals surface area contributed by atoms with Crippen molar-refractivity contribution in [3.63, 3.8) is 0 Å². The molecule has 2 heterocycles. The highest BCUT2D eigenvalue weighted by Gasteiger charge is 2.51. The molecule has 2 saturated heterocycles. The van der Waals surface area contributed by atoms with Crippen molar-refractivity contribution in [2.45, 2.75) is 73.4 Å².